The summed E-state index contributed by atoms with van der Waals surface area (Å²) < 4.78 is 71.1. The summed E-state index contributed by atoms with van der Waals surface area (Å²) in [6, 6.07) is 9.17. The highest BCUT2D eigenvalue weighted by atomic mass is 32.2. The molecule has 2 aromatic rings. The van der Waals surface area contributed by atoms with E-state index in [-0.39, 0.29) is 16.1 Å². The second kappa shape index (κ2) is 7.01. The second-order valence-electron chi connectivity index (χ2n) is 4.69. The average Bonchev–Trinajstić information content (AvgIpc) is 2.53. The Morgan fingerprint density at radius 2 is 1.56 bits per heavy atom. The van der Waals surface area contributed by atoms with Gasteiger partial charge in [0.15, 0.2) is 0 Å². The predicted octanol–water partition coefficient (Wildman–Crippen LogP) is 3.17. The molecule has 0 unspecified atom stereocenters. The summed E-state index contributed by atoms with van der Waals surface area (Å²) in [7, 11) is -2.80. The lowest BCUT2D eigenvalue weighted by Crippen LogP contribution is -2.17. The van der Waals surface area contributed by atoms with Crippen LogP contribution in [0.2, 0.25) is 0 Å². The molecule has 134 valence electrons. The number of halogens is 3. The zero-order valence-corrected chi connectivity index (χ0v) is 13.5. The molecule has 2 aromatic carbocycles. The smallest absolute Gasteiger partial charge is 0.465 e. The molecule has 0 aliphatic rings. The number of hydrogen-bond acceptors (Lipinski definition) is 5. The molecule has 0 bridgehead atoms. The number of ether oxygens (including phenoxy) is 2. The Balaban J connectivity index is 2.14. The third-order valence-corrected chi connectivity index (χ3v) is 4.32. The third kappa shape index (κ3) is 5.11. The van der Waals surface area contributed by atoms with Crippen LogP contribution in [0.4, 0.5) is 18.9 Å². The van der Waals surface area contributed by atoms with Crippen molar-refractivity contribution in [2.24, 2.45) is 0 Å². The predicted molar refractivity (Wildman–Crippen MR) is 81.7 cm³/mol. The van der Waals surface area contributed by atoms with Crippen molar-refractivity contribution in [3.63, 3.8) is 0 Å². The zero-order valence-electron chi connectivity index (χ0n) is 12.7. The monoisotopic (exact) mass is 375 g/mol. The molecule has 10 heteroatoms. The van der Waals surface area contributed by atoms with Crippen molar-refractivity contribution in [1.29, 1.82) is 0 Å². The van der Waals surface area contributed by atoms with E-state index in [4.69, 9.17) is 0 Å². The molecule has 0 amide bonds. The van der Waals surface area contributed by atoms with Crippen LogP contribution in [-0.2, 0) is 14.8 Å². The largest absolute Gasteiger partial charge is 0.573 e. The summed E-state index contributed by atoms with van der Waals surface area (Å²) in [5.74, 6) is -1.11. The lowest BCUT2D eigenvalue weighted by Gasteiger charge is -2.11. The lowest BCUT2D eigenvalue weighted by atomic mass is 10.2. The van der Waals surface area contributed by atoms with E-state index >= 15 is 0 Å². The van der Waals surface area contributed by atoms with Crippen molar-refractivity contribution in [1.82, 2.24) is 0 Å². The fraction of sp³-hybridized carbons (Fsp3) is 0.133. The normalized spacial score (nSPS) is 11.7. The van der Waals surface area contributed by atoms with Crippen LogP contribution in [0, 0.1) is 0 Å². The molecule has 0 fully saturated rings. The first-order chi connectivity index (χ1) is 11.6. The minimum Gasteiger partial charge on any atom is -0.465 e. The van der Waals surface area contributed by atoms with E-state index in [0.29, 0.717) is 0 Å². The Morgan fingerprint density at radius 3 is 2.04 bits per heavy atom. The maximum atomic E-state index is 12.2. The van der Waals surface area contributed by atoms with Gasteiger partial charge in [-0.1, -0.05) is 0 Å². The summed E-state index contributed by atoms with van der Waals surface area (Å²) in [6.45, 7) is 0. The van der Waals surface area contributed by atoms with Gasteiger partial charge < -0.3 is 9.47 Å². The van der Waals surface area contributed by atoms with E-state index in [1.807, 2.05) is 0 Å². The molecule has 0 atom stereocenters. The van der Waals surface area contributed by atoms with Gasteiger partial charge in [0.05, 0.1) is 17.6 Å². The van der Waals surface area contributed by atoms with Gasteiger partial charge in [-0.3, -0.25) is 4.72 Å². The molecular weight excluding hydrogens is 363 g/mol. The lowest BCUT2D eigenvalue weighted by molar-refractivity contribution is -0.274. The summed E-state index contributed by atoms with van der Waals surface area (Å²) in [5, 5.41) is 0. The Hall–Kier alpha value is -2.75. The minimum atomic E-state index is -4.86. The molecule has 0 saturated carbocycles. The van der Waals surface area contributed by atoms with Crippen LogP contribution < -0.4 is 9.46 Å². The molecule has 0 radical (unpaired) electrons. The molecule has 0 saturated heterocycles. The van der Waals surface area contributed by atoms with E-state index in [9.17, 15) is 26.4 Å². The number of carbonyl (C=O) groups excluding carboxylic acids is 1. The number of methoxy groups -OCH3 is 1. The number of hydrogen-bond donors (Lipinski definition) is 1. The molecule has 0 aliphatic carbocycles. The molecule has 25 heavy (non-hydrogen) atoms. The van der Waals surface area contributed by atoms with E-state index in [2.05, 4.69) is 14.2 Å². The highest BCUT2D eigenvalue weighted by molar-refractivity contribution is 7.92. The fourth-order valence-corrected chi connectivity index (χ4v) is 2.89. The summed E-state index contributed by atoms with van der Waals surface area (Å²) in [5.41, 5.74) is 0.405. The van der Waals surface area contributed by atoms with Crippen LogP contribution in [0.1, 0.15) is 10.4 Å². The SMILES string of the molecule is COC(=O)c1ccc(NS(=O)(=O)c2ccc(OC(F)(F)F)cc2)cc1. The summed E-state index contributed by atoms with van der Waals surface area (Å²) in [6.07, 6.45) is -4.86. The highest BCUT2D eigenvalue weighted by Gasteiger charge is 2.31. The maximum Gasteiger partial charge on any atom is 0.573 e. The number of carbonyl (C=O) groups is 1. The van der Waals surface area contributed by atoms with Crippen molar-refractivity contribution < 1.29 is 35.9 Å². The van der Waals surface area contributed by atoms with Crippen molar-refractivity contribution in [2.45, 2.75) is 11.3 Å². The fourth-order valence-electron chi connectivity index (χ4n) is 1.83. The van der Waals surface area contributed by atoms with E-state index in [1.165, 1.54) is 31.4 Å². The number of esters is 1. The van der Waals surface area contributed by atoms with Gasteiger partial charge in [-0.05, 0) is 48.5 Å². The molecule has 0 spiro atoms. The number of alkyl halides is 3. The molecule has 6 nitrogen and oxygen atoms in total. The van der Waals surface area contributed by atoms with Gasteiger partial charge in [0.1, 0.15) is 5.75 Å². The number of sulfonamides is 1. The maximum absolute atomic E-state index is 12.2. The average molecular weight is 375 g/mol. The van der Waals surface area contributed by atoms with Gasteiger partial charge in [-0.25, -0.2) is 13.2 Å². The van der Waals surface area contributed by atoms with Crippen molar-refractivity contribution in [2.75, 3.05) is 11.8 Å². The first-order valence-electron chi connectivity index (χ1n) is 6.68. The number of nitrogens with one attached hydrogen (secondary N) is 1. The van der Waals surface area contributed by atoms with Crippen molar-refractivity contribution in [3.05, 3.63) is 54.1 Å². The minimum absolute atomic E-state index is 0.170. The van der Waals surface area contributed by atoms with Gasteiger partial charge in [0.2, 0.25) is 0 Å². The first kappa shape index (κ1) is 18.6. The Labute approximate surface area is 141 Å². The quantitative estimate of drug-likeness (QED) is 0.812. The Bertz CT molecular complexity index is 846. The third-order valence-electron chi connectivity index (χ3n) is 2.93. The van der Waals surface area contributed by atoms with Gasteiger partial charge in [-0.15, -0.1) is 13.2 Å². The second-order valence-corrected chi connectivity index (χ2v) is 6.38. The number of rotatable bonds is 5. The zero-order chi connectivity index (χ0) is 18.7. The standard InChI is InChI=1S/C15H12F3NO5S/c1-23-14(20)10-2-4-11(5-3-10)19-25(21,22)13-8-6-12(7-9-13)24-15(16,17)18/h2-9,19H,1H3. The number of benzene rings is 2. The molecular formula is C15H12F3NO5S. The van der Waals surface area contributed by atoms with E-state index in [0.717, 1.165) is 24.3 Å². The van der Waals surface area contributed by atoms with Gasteiger partial charge in [0.25, 0.3) is 10.0 Å². The van der Waals surface area contributed by atoms with Gasteiger partial charge in [-0.2, -0.15) is 0 Å². The molecule has 0 aliphatic heterocycles. The number of anilines is 1. The van der Waals surface area contributed by atoms with E-state index in [1.54, 1.807) is 0 Å². The Kier molecular flexibility index (Phi) is 5.21. The summed E-state index contributed by atoms with van der Waals surface area (Å²) in [4.78, 5) is 11.1. The van der Waals surface area contributed by atoms with Crippen molar-refractivity contribution in [3.8, 4) is 5.75 Å². The van der Waals surface area contributed by atoms with Gasteiger partial charge >= 0.3 is 12.3 Å². The van der Waals surface area contributed by atoms with Crippen LogP contribution in [0.15, 0.2) is 53.4 Å². The topological polar surface area (TPSA) is 81.7 Å². The summed E-state index contributed by atoms with van der Waals surface area (Å²) >= 11 is 0. The van der Waals surface area contributed by atoms with Crippen LogP contribution in [-0.4, -0.2) is 27.9 Å². The molecule has 2 rings (SSSR count). The van der Waals surface area contributed by atoms with Crippen LogP contribution in [0.3, 0.4) is 0 Å². The van der Waals surface area contributed by atoms with Crippen LogP contribution >= 0.6 is 0 Å². The molecule has 0 heterocycles. The molecule has 1 N–H and O–H groups in total. The van der Waals surface area contributed by atoms with Crippen LogP contribution in [0.25, 0.3) is 0 Å². The first-order valence-corrected chi connectivity index (χ1v) is 8.16. The van der Waals surface area contributed by atoms with Gasteiger partial charge in [0, 0.05) is 5.69 Å². The highest BCUT2D eigenvalue weighted by Crippen LogP contribution is 2.24. The molecule has 0 aromatic heterocycles. The van der Waals surface area contributed by atoms with Crippen molar-refractivity contribution >= 4 is 21.7 Å². The Morgan fingerprint density at radius 1 is 1.00 bits per heavy atom. The van der Waals surface area contributed by atoms with Crippen LogP contribution in [0.5, 0.6) is 5.75 Å². The van der Waals surface area contributed by atoms with E-state index < -0.39 is 28.1 Å².